The van der Waals surface area contributed by atoms with E-state index in [-0.39, 0.29) is 12.5 Å². The largest absolute Gasteiger partial charge is 0.493 e. The zero-order valence-electron chi connectivity index (χ0n) is 12.4. The first-order valence-electron chi connectivity index (χ1n) is 7.54. The van der Waals surface area contributed by atoms with E-state index in [4.69, 9.17) is 4.74 Å². The topological polar surface area (TPSA) is 66.8 Å². The number of hydrogen-bond donors (Lipinski definition) is 1. The highest BCUT2D eigenvalue weighted by Crippen LogP contribution is 2.37. The summed E-state index contributed by atoms with van der Waals surface area (Å²) >= 11 is 0. The molecule has 2 aromatic carbocycles. The lowest BCUT2D eigenvalue weighted by Crippen LogP contribution is -2.31. The van der Waals surface area contributed by atoms with E-state index in [1.54, 1.807) is 29.2 Å². The van der Waals surface area contributed by atoms with E-state index in [2.05, 4.69) is 0 Å². The van der Waals surface area contributed by atoms with Crippen LogP contribution in [0.1, 0.15) is 27.4 Å². The summed E-state index contributed by atoms with van der Waals surface area (Å²) in [6, 6.07) is 12.6. The Hall–Kier alpha value is -2.82. The molecule has 0 radical (unpaired) electrons. The van der Waals surface area contributed by atoms with Gasteiger partial charge in [0.05, 0.1) is 6.61 Å². The molecule has 4 rings (SSSR count). The molecule has 0 aromatic heterocycles. The average Bonchev–Trinajstić information content (AvgIpc) is 3.18. The van der Waals surface area contributed by atoms with E-state index >= 15 is 0 Å². The fourth-order valence-corrected chi connectivity index (χ4v) is 3.29. The van der Waals surface area contributed by atoms with Crippen LogP contribution >= 0.6 is 0 Å². The number of para-hydroxylation sites is 1. The lowest BCUT2D eigenvalue weighted by atomic mass is 10.0. The standard InChI is InChI=1S/C18H15NO4/c20-17(12-5-6-16-11(9-12)7-8-23-16)19-10-14(18(21)22)13-3-1-2-4-15(13)19/h1-6,9,14H,7-8,10H2,(H,21,22). The van der Waals surface area contributed by atoms with Gasteiger partial charge in [-0.3, -0.25) is 9.59 Å². The maximum atomic E-state index is 12.9. The van der Waals surface area contributed by atoms with Crippen molar-refractivity contribution in [3.05, 3.63) is 59.2 Å². The molecule has 0 spiro atoms. The van der Waals surface area contributed by atoms with Crippen molar-refractivity contribution in [2.24, 2.45) is 0 Å². The summed E-state index contributed by atoms with van der Waals surface area (Å²) in [5, 5.41) is 9.40. The van der Waals surface area contributed by atoms with Gasteiger partial charge in [0.15, 0.2) is 0 Å². The molecule has 2 aliphatic rings. The van der Waals surface area contributed by atoms with Gasteiger partial charge >= 0.3 is 5.97 Å². The van der Waals surface area contributed by atoms with Crippen LogP contribution < -0.4 is 9.64 Å². The normalized spacial score (nSPS) is 18.3. The minimum Gasteiger partial charge on any atom is -0.493 e. The van der Waals surface area contributed by atoms with E-state index in [0.29, 0.717) is 23.4 Å². The number of rotatable bonds is 2. The Balaban J connectivity index is 1.71. The molecule has 0 saturated carbocycles. The minimum atomic E-state index is -0.907. The number of ether oxygens (including phenoxy) is 1. The predicted octanol–water partition coefficient (Wildman–Crippen LogP) is 2.45. The lowest BCUT2D eigenvalue weighted by molar-refractivity contribution is -0.138. The summed E-state index contributed by atoms with van der Waals surface area (Å²) in [7, 11) is 0. The number of anilines is 1. The molecule has 2 aromatic rings. The number of aliphatic carboxylic acids is 1. The van der Waals surface area contributed by atoms with E-state index in [1.807, 2.05) is 18.2 Å². The molecular weight excluding hydrogens is 294 g/mol. The first kappa shape index (κ1) is 13.8. The predicted molar refractivity (Wildman–Crippen MR) is 84.1 cm³/mol. The van der Waals surface area contributed by atoms with Crippen LogP contribution in [-0.2, 0) is 11.2 Å². The number of amides is 1. The Morgan fingerprint density at radius 2 is 2.00 bits per heavy atom. The summed E-state index contributed by atoms with van der Waals surface area (Å²) in [6.45, 7) is 0.807. The van der Waals surface area contributed by atoms with Crippen molar-refractivity contribution in [1.29, 1.82) is 0 Å². The molecular formula is C18H15NO4. The highest BCUT2D eigenvalue weighted by Gasteiger charge is 2.36. The van der Waals surface area contributed by atoms with Crippen molar-refractivity contribution in [2.45, 2.75) is 12.3 Å². The van der Waals surface area contributed by atoms with Crippen LogP contribution in [0.2, 0.25) is 0 Å². The van der Waals surface area contributed by atoms with Crippen LogP contribution in [0.15, 0.2) is 42.5 Å². The van der Waals surface area contributed by atoms with Gasteiger partial charge in [-0.2, -0.15) is 0 Å². The van der Waals surface area contributed by atoms with E-state index < -0.39 is 11.9 Å². The quantitative estimate of drug-likeness (QED) is 0.925. The SMILES string of the molecule is O=C(O)C1CN(C(=O)c2ccc3c(c2)CCO3)c2ccccc21. The first-order chi connectivity index (χ1) is 11.1. The van der Waals surface area contributed by atoms with Gasteiger partial charge in [-0.1, -0.05) is 18.2 Å². The van der Waals surface area contributed by atoms with Gasteiger partial charge in [0.2, 0.25) is 0 Å². The van der Waals surface area contributed by atoms with Crippen LogP contribution in [0.25, 0.3) is 0 Å². The molecule has 5 heteroatoms. The summed E-state index contributed by atoms with van der Waals surface area (Å²) in [5.41, 5.74) is 2.97. The van der Waals surface area contributed by atoms with Gasteiger partial charge in [-0.15, -0.1) is 0 Å². The van der Waals surface area contributed by atoms with Gasteiger partial charge in [0.25, 0.3) is 5.91 Å². The number of hydrogen-bond acceptors (Lipinski definition) is 3. The van der Waals surface area contributed by atoms with Crippen molar-refractivity contribution in [3.63, 3.8) is 0 Å². The number of carboxylic acid groups (broad SMARTS) is 1. The molecule has 0 fully saturated rings. The molecule has 0 aliphatic carbocycles. The fraction of sp³-hybridized carbons (Fsp3) is 0.222. The average molecular weight is 309 g/mol. The van der Waals surface area contributed by atoms with Crippen LogP contribution in [0, 0.1) is 0 Å². The Labute approximate surface area is 133 Å². The maximum Gasteiger partial charge on any atom is 0.312 e. The molecule has 0 bridgehead atoms. The smallest absolute Gasteiger partial charge is 0.312 e. The Morgan fingerprint density at radius 1 is 1.17 bits per heavy atom. The summed E-state index contributed by atoms with van der Waals surface area (Å²) in [4.78, 5) is 25.9. The van der Waals surface area contributed by atoms with Crippen molar-refractivity contribution >= 4 is 17.6 Å². The number of nitrogens with zero attached hydrogens (tertiary/aromatic N) is 1. The summed E-state index contributed by atoms with van der Waals surface area (Å²) in [5.74, 6) is -0.925. The Bertz CT molecular complexity index is 814. The highest BCUT2D eigenvalue weighted by molar-refractivity contribution is 6.09. The molecule has 1 N–H and O–H groups in total. The highest BCUT2D eigenvalue weighted by atomic mass is 16.5. The third-order valence-corrected chi connectivity index (χ3v) is 4.45. The Kier molecular flexibility index (Phi) is 3.08. The van der Waals surface area contributed by atoms with Crippen LogP contribution in [0.5, 0.6) is 5.75 Å². The molecule has 1 atom stereocenters. The Morgan fingerprint density at radius 3 is 2.83 bits per heavy atom. The summed E-state index contributed by atoms with van der Waals surface area (Å²) < 4.78 is 5.46. The van der Waals surface area contributed by atoms with E-state index in [9.17, 15) is 14.7 Å². The molecule has 23 heavy (non-hydrogen) atoms. The van der Waals surface area contributed by atoms with Crippen LogP contribution in [-0.4, -0.2) is 30.1 Å². The first-order valence-corrected chi connectivity index (χ1v) is 7.54. The number of benzene rings is 2. The second-order valence-corrected chi connectivity index (χ2v) is 5.79. The molecule has 0 saturated heterocycles. The molecule has 116 valence electrons. The summed E-state index contributed by atoms with van der Waals surface area (Å²) in [6.07, 6.45) is 0.796. The van der Waals surface area contributed by atoms with Gasteiger partial charge < -0.3 is 14.7 Å². The molecule has 2 aliphatic heterocycles. The molecule has 5 nitrogen and oxygen atoms in total. The van der Waals surface area contributed by atoms with Crippen LogP contribution in [0.4, 0.5) is 5.69 Å². The second-order valence-electron chi connectivity index (χ2n) is 5.79. The molecule has 1 amide bonds. The zero-order valence-corrected chi connectivity index (χ0v) is 12.4. The number of carbonyl (C=O) groups is 2. The van der Waals surface area contributed by atoms with Gasteiger partial charge in [0, 0.05) is 24.2 Å². The van der Waals surface area contributed by atoms with Crippen LogP contribution in [0.3, 0.4) is 0 Å². The van der Waals surface area contributed by atoms with E-state index in [0.717, 1.165) is 17.7 Å². The zero-order chi connectivity index (χ0) is 16.0. The number of carboxylic acids is 1. The second kappa shape index (κ2) is 5.12. The third kappa shape index (κ3) is 2.16. The number of carbonyl (C=O) groups excluding carboxylic acids is 1. The van der Waals surface area contributed by atoms with E-state index in [1.165, 1.54) is 0 Å². The van der Waals surface area contributed by atoms with Crippen molar-refractivity contribution < 1.29 is 19.4 Å². The van der Waals surface area contributed by atoms with Gasteiger partial charge in [-0.25, -0.2) is 0 Å². The monoisotopic (exact) mass is 309 g/mol. The molecule has 2 heterocycles. The van der Waals surface area contributed by atoms with Crippen molar-refractivity contribution in [2.75, 3.05) is 18.1 Å². The fourth-order valence-electron chi connectivity index (χ4n) is 3.29. The van der Waals surface area contributed by atoms with Crippen molar-refractivity contribution in [1.82, 2.24) is 0 Å². The van der Waals surface area contributed by atoms with Gasteiger partial charge in [-0.05, 0) is 35.4 Å². The molecule has 1 unspecified atom stereocenters. The minimum absolute atomic E-state index is 0.168. The maximum absolute atomic E-state index is 12.9. The number of fused-ring (bicyclic) bond motifs is 2. The lowest BCUT2D eigenvalue weighted by Gasteiger charge is -2.18. The van der Waals surface area contributed by atoms with Crippen molar-refractivity contribution in [3.8, 4) is 5.75 Å². The third-order valence-electron chi connectivity index (χ3n) is 4.45. The van der Waals surface area contributed by atoms with Gasteiger partial charge in [0.1, 0.15) is 11.7 Å².